The first-order valence-corrected chi connectivity index (χ1v) is 8.03. The van der Waals surface area contributed by atoms with E-state index in [0.29, 0.717) is 5.92 Å². The topological polar surface area (TPSA) is 47.3 Å². The molecule has 1 saturated carbocycles. The van der Waals surface area contributed by atoms with Crippen molar-refractivity contribution in [1.29, 1.82) is 0 Å². The normalized spacial score (nSPS) is 30.0. The second-order valence-electron chi connectivity index (χ2n) is 7.94. The minimum atomic E-state index is -0.148. The molecule has 2 unspecified atom stereocenters. The van der Waals surface area contributed by atoms with Gasteiger partial charge in [-0.15, -0.1) is 0 Å². The van der Waals surface area contributed by atoms with E-state index in [1.807, 2.05) is 0 Å². The lowest BCUT2D eigenvalue weighted by Gasteiger charge is -2.38. The summed E-state index contributed by atoms with van der Waals surface area (Å²) in [6.45, 7) is 8.78. The number of nitrogens with two attached hydrogens (primary N) is 1. The van der Waals surface area contributed by atoms with Crippen molar-refractivity contribution in [1.82, 2.24) is 5.43 Å². The lowest BCUT2D eigenvalue weighted by Crippen LogP contribution is -2.53. The van der Waals surface area contributed by atoms with Crippen LogP contribution in [0.15, 0.2) is 30.3 Å². The molecule has 3 N–H and O–H groups in total. The first-order valence-electron chi connectivity index (χ1n) is 8.03. The monoisotopic (exact) mass is 288 g/mol. The maximum absolute atomic E-state index is 6.29. The van der Waals surface area contributed by atoms with E-state index < -0.39 is 0 Å². The van der Waals surface area contributed by atoms with E-state index in [9.17, 15) is 0 Å². The van der Waals surface area contributed by atoms with Crippen molar-refractivity contribution in [2.24, 2.45) is 11.8 Å². The maximum Gasteiger partial charge on any atom is 0.0678 e. The Kier molecular flexibility index (Phi) is 3.43. The predicted molar refractivity (Wildman–Crippen MR) is 85.8 cm³/mol. The Labute approximate surface area is 128 Å². The van der Waals surface area contributed by atoms with Gasteiger partial charge in [-0.2, -0.15) is 0 Å². The Balaban J connectivity index is 1.93. The molecule has 1 aromatic carbocycles. The molecule has 1 aliphatic heterocycles. The van der Waals surface area contributed by atoms with E-state index in [2.05, 4.69) is 63.5 Å². The van der Waals surface area contributed by atoms with Crippen LogP contribution in [0.5, 0.6) is 0 Å². The lowest BCUT2D eigenvalue weighted by atomic mass is 9.73. The van der Waals surface area contributed by atoms with Crippen molar-refractivity contribution in [2.75, 3.05) is 0 Å². The average Bonchev–Trinajstić information content (AvgIpc) is 3.15. The van der Waals surface area contributed by atoms with Crippen molar-refractivity contribution >= 4 is 0 Å². The number of ether oxygens (including phenoxy) is 1. The lowest BCUT2D eigenvalue weighted by molar-refractivity contribution is -0.0790. The summed E-state index contributed by atoms with van der Waals surface area (Å²) < 4.78 is 6.29. The molecule has 3 heteroatoms. The van der Waals surface area contributed by atoms with Gasteiger partial charge in [0.05, 0.1) is 11.2 Å². The Morgan fingerprint density at radius 1 is 1.14 bits per heavy atom. The van der Waals surface area contributed by atoms with E-state index in [-0.39, 0.29) is 22.7 Å². The fourth-order valence-electron chi connectivity index (χ4n) is 4.47. The standard InChI is InChI=1S/C18H28N2O/c1-16(2)12-14(17(3,4)21-16)15(20-19)18(10-11-18)13-8-6-5-7-9-13/h5-9,14-15,20H,10-12,19H2,1-4H3. The molecule has 2 atom stereocenters. The van der Waals surface area contributed by atoms with Crippen LogP contribution >= 0.6 is 0 Å². The molecule has 0 bridgehead atoms. The van der Waals surface area contributed by atoms with E-state index in [1.165, 1.54) is 18.4 Å². The van der Waals surface area contributed by atoms with Gasteiger partial charge in [0.15, 0.2) is 0 Å². The molecule has 0 spiro atoms. The fraction of sp³-hybridized carbons (Fsp3) is 0.667. The minimum absolute atomic E-state index is 0.0734. The van der Waals surface area contributed by atoms with Crippen molar-refractivity contribution < 1.29 is 4.74 Å². The molecule has 0 aromatic heterocycles. The van der Waals surface area contributed by atoms with E-state index in [4.69, 9.17) is 10.6 Å². The molecule has 1 aromatic rings. The Hall–Kier alpha value is -0.900. The summed E-state index contributed by atoms with van der Waals surface area (Å²) in [7, 11) is 0. The van der Waals surface area contributed by atoms with Crippen molar-refractivity contribution in [3.05, 3.63) is 35.9 Å². The van der Waals surface area contributed by atoms with Crippen LogP contribution < -0.4 is 11.3 Å². The largest absolute Gasteiger partial charge is 0.369 e. The van der Waals surface area contributed by atoms with E-state index in [1.54, 1.807) is 0 Å². The minimum Gasteiger partial charge on any atom is -0.369 e. The number of hydrogen-bond donors (Lipinski definition) is 2. The number of hydrazine groups is 1. The molecule has 0 amide bonds. The molecule has 116 valence electrons. The highest BCUT2D eigenvalue weighted by Gasteiger charge is 2.59. The third kappa shape index (κ3) is 2.52. The van der Waals surface area contributed by atoms with Gasteiger partial charge in [-0.05, 0) is 52.5 Å². The Morgan fingerprint density at radius 2 is 1.76 bits per heavy atom. The van der Waals surface area contributed by atoms with Gasteiger partial charge in [-0.1, -0.05) is 30.3 Å². The second kappa shape index (κ2) is 4.80. The van der Waals surface area contributed by atoms with Gasteiger partial charge in [-0.3, -0.25) is 11.3 Å². The first kappa shape index (κ1) is 15.0. The summed E-state index contributed by atoms with van der Waals surface area (Å²) in [5, 5.41) is 0. The van der Waals surface area contributed by atoms with Crippen molar-refractivity contribution in [3.63, 3.8) is 0 Å². The molecule has 1 saturated heterocycles. The van der Waals surface area contributed by atoms with Gasteiger partial charge in [-0.25, -0.2) is 0 Å². The van der Waals surface area contributed by atoms with Gasteiger partial charge in [0.1, 0.15) is 0 Å². The van der Waals surface area contributed by atoms with Crippen LogP contribution in [-0.2, 0) is 10.2 Å². The molecule has 21 heavy (non-hydrogen) atoms. The van der Waals surface area contributed by atoms with Crippen molar-refractivity contribution in [3.8, 4) is 0 Å². The van der Waals surface area contributed by atoms with Crippen LogP contribution in [0.25, 0.3) is 0 Å². The summed E-state index contributed by atoms with van der Waals surface area (Å²) in [6.07, 6.45) is 3.46. The SMILES string of the molecule is CC1(C)CC(C(NN)C2(c3ccccc3)CC2)C(C)(C)O1. The summed E-state index contributed by atoms with van der Waals surface area (Å²) in [6, 6.07) is 11.1. The van der Waals surface area contributed by atoms with Crippen molar-refractivity contribution in [2.45, 2.75) is 69.6 Å². The summed E-state index contributed by atoms with van der Waals surface area (Å²) in [5.41, 5.74) is 4.53. The summed E-state index contributed by atoms with van der Waals surface area (Å²) in [4.78, 5) is 0. The first-order chi connectivity index (χ1) is 9.81. The fourth-order valence-corrected chi connectivity index (χ4v) is 4.47. The second-order valence-corrected chi connectivity index (χ2v) is 7.94. The quantitative estimate of drug-likeness (QED) is 0.661. The average molecular weight is 288 g/mol. The van der Waals surface area contributed by atoms with Crippen LogP contribution in [0.1, 0.15) is 52.5 Å². The van der Waals surface area contributed by atoms with Gasteiger partial charge in [0, 0.05) is 17.4 Å². The highest BCUT2D eigenvalue weighted by Crippen LogP contribution is 2.57. The van der Waals surface area contributed by atoms with Crippen LogP contribution in [0.2, 0.25) is 0 Å². The smallest absolute Gasteiger partial charge is 0.0678 e. The molecule has 3 nitrogen and oxygen atoms in total. The third-order valence-corrected chi connectivity index (χ3v) is 5.46. The van der Waals surface area contributed by atoms with E-state index >= 15 is 0 Å². The number of benzene rings is 1. The maximum atomic E-state index is 6.29. The summed E-state index contributed by atoms with van der Waals surface area (Å²) >= 11 is 0. The predicted octanol–water partition coefficient (Wildman–Crippen LogP) is 3.14. The molecule has 0 radical (unpaired) electrons. The van der Waals surface area contributed by atoms with Gasteiger partial charge < -0.3 is 4.74 Å². The summed E-state index contributed by atoms with van der Waals surface area (Å²) in [5.74, 6) is 6.44. The highest BCUT2D eigenvalue weighted by molar-refractivity contribution is 5.35. The molecular formula is C18H28N2O. The molecule has 2 aliphatic rings. The van der Waals surface area contributed by atoms with Gasteiger partial charge in [0.2, 0.25) is 0 Å². The van der Waals surface area contributed by atoms with Crippen LogP contribution in [0.3, 0.4) is 0 Å². The zero-order valence-corrected chi connectivity index (χ0v) is 13.6. The third-order valence-electron chi connectivity index (χ3n) is 5.46. The van der Waals surface area contributed by atoms with Crippen LogP contribution in [0.4, 0.5) is 0 Å². The van der Waals surface area contributed by atoms with Gasteiger partial charge in [0.25, 0.3) is 0 Å². The van der Waals surface area contributed by atoms with Crippen LogP contribution in [-0.4, -0.2) is 17.2 Å². The molecule has 1 aliphatic carbocycles. The van der Waals surface area contributed by atoms with Crippen LogP contribution in [0, 0.1) is 5.92 Å². The number of hydrogen-bond acceptors (Lipinski definition) is 3. The molecule has 1 heterocycles. The molecule has 2 fully saturated rings. The number of rotatable bonds is 4. The Bertz CT molecular complexity index is 505. The highest BCUT2D eigenvalue weighted by atomic mass is 16.5. The Morgan fingerprint density at radius 3 is 2.19 bits per heavy atom. The molecule has 3 rings (SSSR count). The van der Waals surface area contributed by atoms with E-state index in [0.717, 1.165) is 6.42 Å². The van der Waals surface area contributed by atoms with Gasteiger partial charge >= 0.3 is 0 Å². The molecular weight excluding hydrogens is 260 g/mol. The zero-order valence-electron chi connectivity index (χ0n) is 13.6. The number of nitrogens with one attached hydrogen (secondary N) is 1. The zero-order chi connectivity index (χ0) is 15.3.